The number of benzene rings is 1. The van der Waals surface area contributed by atoms with Crippen LogP contribution < -0.4 is 10.1 Å². The predicted molar refractivity (Wildman–Crippen MR) is 59.6 cm³/mol. The third-order valence-corrected chi connectivity index (χ3v) is 2.72. The van der Waals surface area contributed by atoms with Gasteiger partial charge in [0.2, 0.25) is 0 Å². The molecule has 6 heteroatoms. The van der Waals surface area contributed by atoms with E-state index in [1.165, 1.54) is 6.07 Å². The Labute approximate surface area is 97.7 Å². The standard InChI is InChI=1S/C11H13FN2O3/c12-8-3-4-11(10(6-8)14(15)16)17-7-9-2-1-5-13-9/h3-4,6,9,13H,1-2,5,7H2/t9-/m1/s1. The molecule has 1 fully saturated rings. The average Bonchev–Trinajstić information content (AvgIpc) is 2.80. The molecule has 0 aliphatic carbocycles. The van der Waals surface area contributed by atoms with Gasteiger partial charge in [-0.25, -0.2) is 4.39 Å². The molecule has 17 heavy (non-hydrogen) atoms. The Bertz CT molecular complexity index is 419. The average molecular weight is 240 g/mol. The molecule has 1 aromatic rings. The molecule has 0 spiro atoms. The Morgan fingerprint density at radius 1 is 1.59 bits per heavy atom. The van der Waals surface area contributed by atoms with E-state index in [0.29, 0.717) is 6.61 Å². The summed E-state index contributed by atoms with van der Waals surface area (Å²) in [7, 11) is 0. The van der Waals surface area contributed by atoms with Crippen LogP contribution in [0.1, 0.15) is 12.8 Å². The minimum absolute atomic E-state index is 0.116. The first kappa shape index (κ1) is 11.8. The minimum Gasteiger partial charge on any atom is -0.485 e. The van der Waals surface area contributed by atoms with Crippen molar-refractivity contribution in [1.29, 1.82) is 0 Å². The Balaban J connectivity index is 2.06. The SMILES string of the molecule is O=[N+]([O-])c1cc(F)ccc1OC[C@H]1CCCN1. The fraction of sp³-hybridized carbons (Fsp3) is 0.455. The zero-order valence-corrected chi connectivity index (χ0v) is 9.19. The molecule has 92 valence electrons. The lowest BCUT2D eigenvalue weighted by Gasteiger charge is -2.11. The summed E-state index contributed by atoms with van der Waals surface area (Å²) >= 11 is 0. The van der Waals surface area contributed by atoms with Crippen LogP contribution in [0, 0.1) is 15.9 Å². The summed E-state index contributed by atoms with van der Waals surface area (Å²) in [6, 6.07) is 3.55. The monoisotopic (exact) mass is 240 g/mol. The van der Waals surface area contributed by atoms with Crippen molar-refractivity contribution in [1.82, 2.24) is 5.32 Å². The lowest BCUT2D eigenvalue weighted by molar-refractivity contribution is -0.386. The molecule has 5 nitrogen and oxygen atoms in total. The van der Waals surface area contributed by atoms with Gasteiger partial charge in [-0.3, -0.25) is 10.1 Å². The minimum atomic E-state index is -0.638. The van der Waals surface area contributed by atoms with E-state index in [0.717, 1.165) is 31.5 Å². The molecule has 0 saturated carbocycles. The summed E-state index contributed by atoms with van der Waals surface area (Å²) in [4.78, 5) is 10.1. The molecular weight excluding hydrogens is 227 g/mol. The van der Waals surface area contributed by atoms with Gasteiger partial charge in [-0.2, -0.15) is 0 Å². The number of ether oxygens (including phenoxy) is 1. The van der Waals surface area contributed by atoms with E-state index >= 15 is 0 Å². The summed E-state index contributed by atoms with van der Waals surface area (Å²) in [6.07, 6.45) is 2.08. The first-order valence-electron chi connectivity index (χ1n) is 5.47. The summed E-state index contributed by atoms with van der Waals surface area (Å²) in [6.45, 7) is 1.31. The quantitative estimate of drug-likeness (QED) is 0.644. The first-order valence-corrected chi connectivity index (χ1v) is 5.47. The third kappa shape index (κ3) is 2.91. The zero-order chi connectivity index (χ0) is 12.3. The van der Waals surface area contributed by atoms with Crippen molar-refractivity contribution < 1.29 is 14.1 Å². The van der Waals surface area contributed by atoms with Crippen molar-refractivity contribution in [2.24, 2.45) is 0 Å². The van der Waals surface area contributed by atoms with Crippen molar-refractivity contribution in [2.75, 3.05) is 13.2 Å². The van der Waals surface area contributed by atoms with Gasteiger partial charge in [-0.1, -0.05) is 0 Å². The number of nitro benzene ring substituents is 1. The van der Waals surface area contributed by atoms with Crippen molar-refractivity contribution in [3.8, 4) is 5.75 Å². The highest BCUT2D eigenvalue weighted by Gasteiger charge is 2.19. The topological polar surface area (TPSA) is 64.4 Å². The van der Waals surface area contributed by atoms with Gasteiger partial charge in [-0.15, -0.1) is 0 Å². The number of nitro groups is 1. The normalized spacial score (nSPS) is 19.2. The number of nitrogens with one attached hydrogen (secondary N) is 1. The number of nitrogens with zero attached hydrogens (tertiary/aromatic N) is 1. The maximum atomic E-state index is 12.9. The van der Waals surface area contributed by atoms with E-state index < -0.39 is 10.7 Å². The van der Waals surface area contributed by atoms with Crippen LogP contribution >= 0.6 is 0 Å². The molecule has 0 amide bonds. The van der Waals surface area contributed by atoms with Gasteiger partial charge in [0.15, 0.2) is 5.75 Å². The van der Waals surface area contributed by atoms with E-state index in [9.17, 15) is 14.5 Å². The summed E-state index contributed by atoms with van der Waals surface area (Å²) < 4.78 is 18.2. The van der Waals surface area contributed by atoms with Crippen molar-refractivity contribution in [3.63, 3.8) is 0 Å². The Morgan fingerprint density at radius 3 is 3.06 bits per heavy atom. The molecule has 0 unspecified atom stereocenters. The Kier molecular flexibility index (Phi) is 3.53. The molecule has 2 rings (SSSR count). The number of hydrogen-bond donors (Lipinski definition) is 1. The van der Waals surface area contributed by atoms with Crippen LogP contribution in [-0.4, -0.2) is 24.1 Å². The molecule has 0 radical (unpaired) electrons. The number of rotatable bonds is 4. The molecule has 1 aliphatic rings. The molecular formula is C11H13FN2O3. The van der Waals surface area contributed by atoms with E-state index in [-0.39, 0.29) is 17.5 Å². The number of hydrogen-bond acceptors (Lipinski definition) is 4. The van der Waals surface area contributed by atoms with Gasteiger partial charge in [0.25, 0.3) is 0 Å². The Hall–Kier alpha value is -1.69. The summed E-state index contributed by atoms with van der Waals surface area (Å²) in [5.74, 6) is -0.520. The van der Waals surface area contributed by atoms with E-state index in [1.54, 1.807) is 0 Å². The lowest BCUT2D eigenvalue weighted by atomic mass is 10.2. The summed E-state index contributed by atoms with van der Waals surface area (Å²) in [5.41, 5.74) is -0.331. The van der Waals surface area contributed by atoms with Crippen LogP contribution in [0.2, 0.25) is 0 Å². The van der Waals surface area contributed by atoms with Crippen LogP contribution in [0.15, 0.2) is 18.2 Å². The van der Waals surface area contributed by atoms with Crippen LogP contribution in [0.5, 0.6) is 5.75 Å². The van der Waals surface area contributed by atoms with Crippen LogP contribution in [-0.2, 0) is 0 Å². The van der Waals surface area contributed by atoms with Crippen molar-refractivity contribution >= 4 is 5.69 Å². The number of halogens is 1. The van der Waals surface area contributed by atoms with E-state index in [1.807, 2.05) is 0 Å². The van der Waals surface area contributed by atoms with Gasteiger partial charge in [0, 0.05) is 6.04 Å². The molecule has 1 N–H and O–H groups in total. The highest BCUT2D eigenvalue weighted by atomic mass is 19.1. The van der Waals surface area contributed by atoms with Gasteiger partial charge in [-0.05, 0) is 31.5 Å². The third-order valence-electron chi connectivity index (χ3n) is 2.72. The van der Waals surface area contributed by atoms with Gasteiger partial charge < -0.3 is 10.1 Å². The molecule has 1 saturated heterocycles. The van der Waals surface area contributed by atoms with E-state index in [2.05, 4.69) is 5.32 Å². The van der Waals surface area contributed by atoms with Crippen LogP contribution in [0.4, 0.5) is 10.1 Å². The second-order valence-electron chi connectivity index (χ2n) is 3.97. The smallest absolute Gasteiger partial charge is 0.313 e. The highest BCUT2D eigenvalue weighted by Crippen LogP contribution is 2.27. The molecule has 1 atom stereocenters. The van der Waals surface area contributed by atoms with Crippen LogP contribution in [0.25, 0.3) is 0 Å². The highest BCUT2D eigenvalue weighted by molar-refractivity contribution is 5.46. The van der Waals surface area contributed by atoms with Crippen molar-refractivity contribution in [2.45, 2.75) is 18.9 Å². The fourth-order valence-electron chi connectivity index (χ4n) is 1.84. The van der Waals surface area contributed by atoms with E-state index in [4.69, 9.17) is 4.74 Å². The molecule has 1 aromatic carbocycles. The van der Waals surface area contributed by atoms with Gasteiger partial charge in [0.05, 0.1) is 11.0 Å². The first-order chi connectivity index (χ1) is 8.16. The second kappa shape index (κ2) is 5.09. The molecule has 1 aliphatic heterocycles. The fourth-order valence-corrected chi connectivity index (χ4v) is 1.84. The summed E-state index contributed by atoms with van der Waals surface area (Å²) in [5, 5.41) is 13.9. The molecule has 0 bridgehead atoms. The Morgan fingerprint density at radius 2 is 2.41 bits per heavy atom. The lowest BCUT2D eigenvalue weighted by Crippen LogP contribution is -2.28. The molecule has 0 aromatic heterocycles. The van der Waals surface area contributed by atoms with Gasteiger partial charge in [0.1, 0.15) is 12.4 Å². The second-order valence-corrected chi connectivity index (χ2v) is 3.97. The zero-order valence-electron chi connectivity index (χ0n) is 9.19. The van der Waals surface area contributed by atoms with Crippen LogP contribution in [0.3, 0.4) is 0 Å². The van der Waals surface area contributed by atoms with Crippen molar-refractivity contribution in [3.05, 3.63) is 34.1 Å². The largest absolute Gasteiger partial charge is 0.485 e. The predicted octanol–water partition coefficient (Wildman–Crippen LogP) is 1.86. The molecule has 1 heterocycles. The maximum Gasteiger partial charge on any atom is 0.313 e. The van der Waals surface area contributed by atoms with Gasteiger partial charge >= 0.3 is 5.69 Å². The maximum absolute atomic E-state index is 12.9.